The number of carbonyl (C=O) groups excluding carboxylic acids is 3. The summed E-state index contributed by atoms with van der Waals surface area (Å²) in [6, 6.07) is 11.9. The Bertz CT molecular complexity index is 965. The van der Waals surface area contributed by atoms with Crippen LogP contribution in [0, 0.1) is 18.3 Å². The Morgan fingerprint density at radius 3 is 2.38 bits per heavy atom. The van der Waals surface area contributed by atoms with Crippen LogP contribution in [0.15, 0.2) is 46.4 Å². The Morgan fingerprint density at radius 2 is 1.76 bits per heavy atom. The van der Waals surface area contributed by atoms with Crippen LogP contribution in [0.3, 0.4) is 0 Å². The van der Waals surface area contributed by atoms with Gasteiger partial charge in [-0.1, -0.05) is 17.7 Å². The van der Waals surface area contributed by atoms with E-state index in [-0.39, 0.29) is 23.9 Å². The van der Waals surface area contributed by atoms with E-state index in [1.54, 1.807) is 38.1 Å². The molecule has 2 rings (SSSR count). The number of anilines is 1. The van der Waals surface area contributed by atoms with Crippen LogP contribution < -0.4 is 16.0 Å². The quantitative estimate of drug-likeness (QED) is 0.394. The number of aryl methyl sites for hydroxylation is 1. The molecule has 0 bridgehead atoms. The summed E-state index contributed by atoms with van der Waals surface area (Å²) in [6.07, 6.45) is 1.31. The van der Waals surface area contributed by atoms with Crippen molar-refractivity contribution < 1.29 is 18.8 Å². The first-order valence-electron chi connectivity index (χ1n) is 8.95. The lowest BCUT2D eigenvalue weighted by Crippen LogP contribution is -2.34. The van der Waals surface area contributed by atoms with E-state index < -0.39 is 17.7 Å². The summed E-state index contributed by atoms with van der Waals surface area (Å²) in [7, 11) is 0. The van der Waals surface area contributed by atoms with Gasteiger partial charge in [-0.2, -0.15) is 5.26 Å². The molecule has 0 aliphatic carbocycles. The predicted octanol–water partition coefficient (Wildman–Crippen LogP) is 2.27. The zero-order valence-electron chi connectivity index (χ0n) is 16.4. The number of carbonyl (C=O) groups is 3. The number of furan rings is 1. The van der Waals surface area contributed by atoms with Crippen molar-refractivity contribution in [2.75, 3.05) is 5.32 Å². The van der Waals surface area contributed by atoms with Crippen LogP contribution in [0.1, 0.15) is 30.9 Å². The average molecular weight is 394 g/mol. The molecule has 3 amide bonds. The average Bonchev–Trinajstić information content (AvgIpc) is 3.12. The van der Waals surface area contributed by atoms with Gasteiger partial charge in [-0.15, -0.1) is 0 Å². The van der Waals surface area contributed by atoms with Gasteiger partial charge in [0.15, 0.2) is 0 Å². The van der Waals surface area contributed by atoms with E-state index in [0.29, 0.717) is 11.4 Å². The summed E-state index contributed by atoms with van der Waals surface area (Å²) in [5.41, 5.74) is 1.46. The maximum Gasteiger partial charge on any atom is 0.313 e. The Kier molecular flexibility index (Phi) is 7.32. The summed E-state index contributed by atoms with van der Waals surface area (Å²) in [6.45, 7) is 5.47. The van der Waals surface area contributed by atoms with Crippen molar-refractivity contribution in [3.63, 3.8) is 0 Å². The normalized spacial score (nSPS) is 10.9. The van der Waals surface area contributed by atoms with E-state index in [1.165, 1.54) is 6.08 Å². The summed E-state index contributed by atoms with van der Waals surface area (Å²) >= 11 is 0. The highest BCUT2D eigenvalue weighted by Gasteiger charge is 2.15. The lowest BCUT2D eigenvalue weighted by Gasteiger charge is -2.06. The van der Waals surface area contributed by atoms with Crippen LogP contribution in [0.2, 0.25) is 0 Å². The fourth-order valence-electron chi connectivity index (χ4n) is 2.27. The first-order valence-corrected chi connectivity index (χ1v) is 8.95. The van der Waals surface area contributed by atoms with Gasteiger partial charge >= 0.3 is 11.8 Å². The minimum atomic E-state index is -0.812. The van der Waals surface area contributed by atoms with Gasteiger partial charge in [0.1, 0.15) is 23.2 Å². The zero-order valence-corrected chi connectivity index (χ0v) is 16.4. The number of amides is 3. The van der Waals surface area contributed by atoms with Gasteiger partial charge in [0.25, 0.3) is 5.91 Å². The largest absolute Gasteiger partial charge is 0.460 e. The van der Waals surface area contributed by atoms with Crippen LogP contribution in [0.5, 0.6) is 0 Å². The summed E-state index contributed by atoms with van der Waals surface area (Å²) in [4.78, 5) is 35.8. The third kappa shape index (κ3) is 6.66. The molecule has 29 heavy (non-hydrogen) atoms. The minimum absolute atomic E-state index is 0.0198. The Hall–Kier alpha value is -3.86. The Balaban J connectivity index is 1.92. The molecule has 0 aliphatic heterocycles. The third-order valence-electron chi connectivity index (χ3n) is 3.69. The van der Waals surface area contributed by atoms with E-state index >= 15 is 0 Å². The van der Waals surface area contributed by atoms with Crippen molar-refractivity contribution >= 4 is 29.5 Å². The van der Waals surface area contributed by atoms with Crippen molar-refractivity contribution in [3.05, 3.63) is 59.1 Å². The van der Waals surface area contributed by atoms with E-state index in [0.717, 1.165) is 5.56 Å². The molecule has 0 radical (unpaired) electrons. The molecule has 0 saturated heterocycles. The fraction of sp³-hybridized carbons (Fsp3) is 0.238. The van der Waals surface area contributed by atoms with Crippen molar-refractivity contribution in [2.24, 2.45) is 0 Å². The van der Waals surface area contributed by atoms with Gasteiger partial charge in [0.2, 0.25) is 0 Å². The number of hydrogen-bond acceptors (Lipinski definition) is 5. The third-order valence-corrected chi connectivity index (χ3v) is 3.69. The van der Waals surface area contributed by atoms with Gasteiger partial charge < -0.3 is 20.4 Å². The number of nitrogens with one attached hydrogen (secondary N) is 3. The van der Waals surface area contributed by atoms with Gasteiger partial charge in [0, 0.05) is 17.8 Å². The molecular weight excluding hydrogens is 372 g/mol. The molecule has 8 nitrogen and oxygen atoms in total. The highest BCUT2D eigenvalue weighted by molar-refractivity contribution is 6.39. The topological polar surface area (TPSA) is 124 Å². The summed E-state index contributed by atoms with van der Waals surface area (Å²) < 4.78 is 5.48. The predicted molar refractivity (Wildman–Crippen MR) is 107 cm³/mol. The van der Waals surface area contributed by atoms with Crippen LogP contribution in [-0.2, 0) is 20.9 Å². The van der Waals surface area contributed by atoms with E-state index in [9.17, 15) is 14.4 Å². The molecule has 1 aromatic carbocycles. The van der Waals surface area contributed by atoms with Crippen molar-refractivity contribution in [3.8, 4) is 6.07 Å². The zero-order chi connectivity index (χ0) is 21.4. The van der Waals surface area contributed by atoms with Crippen LogP contribution >= 0.6 is 0 Å². The molecule has 1 aromatic heterocycles. The number of nitriles is 1. The second-order valence-corrected chi connectivity index (χ2v) is 6.60. The lowest BCUT2D eigenvalue weighted by atomic mass is 10.2. The minimum Gasteiger partial charge on any atom is -0.460 e. The van der Waals surface area contributed by atoms with Crippen molar-refractivity contribution in [1.82, 2.24) is 10.6 Å². The lowest BCUT2D eigenvalue weighted by molar-refractivity contribution is -0.136. The molecule has 0 fully saturated rings. The molecule has 3 N–H and O–H groups in total. The van der Waals surface area contributed by atoms with Gasteiger partial charge in [-0.05, 0) is 45.0 Å². The van der Waals surface area contributed by atoms with Crippen molar-refractivity contribution in [1.29, 1.82) is 5.26 Å². The fourth-order valence-corrected chi connectivity index (χ4v) is 2.27. The van der Waals surface area contributed by atoms with Crippen LogP contribution in [-0.4, -0.2) is 23.8 Å². The van der Waals surface area contributed by atoms with Gasteiger partial charge in [-0.25, -0.2) is 0 Å². The monoisotopic (exact) mass is 394 g/mol. The summed E-state index contributed by atoms with van der Waals surface area (Å²) in [5.74, 6) is -1.45. The molecule has 0 unspecified atom stereocenters. The highest BCUT2D eigenvalue weighted by atomic mass is 16.3. The molecule has 0 spiro atoms. The molecule has 150 valence electrons. The number of nitrogens with zero attached hydrogens (tertiary/aromatic N) is 1. The molecule has 1 heterocycles. The standard InChI is InChI=1S/C21H22N4O4/c1-13(2)24-19(26)15(11-22)10-17-8-9-18(29-17)12-23-20(27)21(28)25-16-6-4-14(3)5-7-16/h4-10,13H,12H2,1-3H3,(H,23,27)(H,24,26)(H,25,28)/b15-10-. The molecule has 2 aromatic rings. The first kappa shape index (κ1) is 21.4. The second kappa shape index (κ2) is 9.90. The van der Waals surface area contributed by atoms with E-state index in [2.05, 4.69) is 16.0 Å². The maximum atomic E-state index is 11.9. The highest BCUT2D eigenvalue weighted by Crippen LogP contribution is 2.12. The Labute approximate surface area is 168 Å². The second-order valence-electron chi connectivity index (χ2n) is 6.60. The van der Waals surface area contributed by atoms with Crippen LogP contribution in [0.25, 0.3) is 6.08 Å². The molecular formula is C21H22N4O4. The molecule has 0 aliphatic rings. The van der Waals surface area contributed by atoms with E-state index in [4.69, 9.17) is 9.68 Å². The Morgan fingerprint density at radius 1 is 1.07 bits per heavy atom. The smallest absolute Gasteiger partial charge is 0.313 e. The van der Waals surface area contributed by atoms with Crippen molar-refractivity contribution in [2.45, 2.75) is 33.4 Å². The molecule has 8 heteroatoms. The summed E-state index contributed by atoms with van der Waals surface area (Å²) in [5, 5.41) is 16.7. The van der Waals surface area contributed by atoms with Crippen LogP contribution in [0.4, 0.5) is 5.69 Å². The number of hydrogen-bond donors (Lipinski definition) is 3. The SMILES string of the molecule is Cc1ccc(NC(=O)C(=O)NCc2ccc(/C=C(/C#N)C(=O)NC(C)C)o2)cc1. The van der Waals surface area contributed by atoms with Gasteiger partial charge in [-0.3, -0.25) is 14.4 Å². The number of benzene rings is 1. The maximum absolute atomic E-state index is 11.9. The van der Waals surface area contributed by atoms with Gasteiger partial charge in [0.05, 0.1) is 6.54 Å². The molecule has 0 saturated carbocycles. The first-order chi connectivity index (χ1) is 13.8. The van der Waals surface area contributed by atoms with E-state index in [1.807, 2.05) is 25.1 Å². The number of rotatable bonds is 6. The molecule has 0 atom stereocenters.